The molecule has 6 heteroatoms. The molecule has 0 aliphatic carbocycles. The standard InChI is InChI=1S/C13H18ClN3O2/c14-11-6-2-1-5-10(11)9-17-13(19)16-8-4-3-7-12(15)18/h1-2,5-6H,3-4,7-9H2,(H2,15,18)(H2,16,17,19). The van der Waals surface area contributed by atoms with Crippen LogP contribution in [0.1, 0.15) is 24.8 Å². The molecule has 1 aromatic carbocycles. The molecular formula is C13H18ClN3O2. The number of urea groups is 1. The molecule has 0 heterocycles. The van der Waals surface area contributed by atoms with Gasteiger partial charge in [-0.3, -0.25) is 4.79 Å². The second kappa shape index (κ2) is 8.37. The number of carbonyl (C=O) groups excluding carboxylic acids is 2. The van der Waals surface area contributed by atoms with Crippen LogP contribution in [0, 0.1) is 0 Å². The van der Waals surface area contributed by atoms with Crippen molar-refractivity contribution in [1.29, 1.82) is 0 Å². The summed E-state index contributed by atoms with van der Waals surface area (Å²) in [6.07, 6.45) is 1.76. The molecule has 0 spiro atoms. The lowest BCUT2D eigenvalue weighted by molar-refractivity contribution is -0.118. The predicted octanol–water partition coefficient (Wildman–Crippen LogP) is 1.79. The summed E-state index contributed by atoms with van der Waals surface area (Å²) >= 11 is 5.97. The molecule has 0 aliphatic heterocycles. The van der Waals surface area contributed by atoms with Crippen molar-refractivity contribution in [3.05, 3.63) is 34.9 Å². The Bertz CT molecular complexity index is 438. The number of amides is 3. The van der Waals surface area contributed by atoms with Gasteiger partial charge in [0.25, 0.3) is 0 Å². The number of benzene rings is 1. The molecule has 0 saturated heterocycles. The van der Waals surface area contributed by atoms with Crippen molar-refractivity contribution < 1.29 is 9.59 Å². The quantitative estimate of drug-likeness (QED) is 0.667. The van der Waals surface area contributed by atoms with Crippen LogP contribution >= 0.6 is 11.6 Å². The SMILES string of the molecule is NC(=O)CCCCNC(=O)NCc1ccccc1Cl. The van der Waals surface area contributed by atoms with Crippen LogP contribution in [0.2, 0.25) is 5.02 Å². The van der Waals surface area contributed by atoms with Crippen molar-refractivity contribution in [2.24, 2.45) is 5.73 Å². The summed E-state index contributed by atoms with van der Waals surface area (Å²) in [4.78, 5) is 22.0. The Morgan fingerprint density at radius 1 is 1.16 bits per heavy atom. The summed E-state index contributed by atoms with van der Waals surface area (Å²) in [5.41, 5.74) is 5.88. The molecule has 3 amide bonds. The highest BCUT2D eigenvalue weighted by molar-refractivity contribution is 6.31. The molecule has 0 atom stereocenters. The van der Waals surface area contributed by atoms with E-state index in [1.54, 1.807) is 6.07 Å². The molecule has 5 nitrogen and oxygen atoms in total. The maximum atomic E-state index is 11.5. The fourth-order valence-electron chi connectivity index (χ4n) is 1.51. The molecule has 0 radical (unpaired) electrons. The predicted molar refractivity (Wildman–Crippen MR) is 74.7 cm³/mol. The van der Waals surface area contributed by atoms with Crippen LogP contribution in [-0.4, -0.2) is 18.5 Å². The minimum atomic E-state index is -0.317. The zero-order valence-corrected chi connectivity index (χ0v) is 11.4. The summed E-state index contributed by atoms with van der Waals surface area (Å²) in [5.74, 6) is -0.317. The number of halogens is 1. The molecule has 4 N–H and O–H groups in total. The van der Waals surface area contributed by atoms with Crippen LogP contribution in [0.4, 0.5) is 4.79 Å². The van der Waals surface area contributed by atoms with Gasteiger partial charge in [0, 0.05) is 24.5 Å². The topological polar surface area (TPSA) is 84.2 Å². The number of carbonyl (C=O) groups is 2. The normalized spacial score (nSPS) is 9.95. The summed E-state index contributed by atoms with van der Waals surface area (Å²) in [6.45, 7) is 0.897. The van der Waals surface area contributed by atoms with Gasteiger partial charge in [-0.1, -0.05) is 29.8 Å². The van der Waals surface area contributed by atoms with Crippen LogP contribution in [0.25, 0.3) is 0 Å². The average Bonchev–Trinajstić information content (AvgIpc) is 2.37. The number of unbranched alkanes of at least 4 members (excludes halogenated alkanes) is 1. The van der Waals surface area contributed by atoms with Crippen LogP contribution in [-0.2, 0) is 11.3 Å². The van der Waals surface area contributed by atoms with Gasteiger partial charge in [0.1, 0.15) is 0 Å². The minimum Gasteiger partial charge on any atom is -0.370 e. The van der Waals surface area contributed by atoms with Crippen molar-refractivity contribution in [2.45, 2.75) is 25.8 Å². The van der Waals surface area contributed by atoms with E-state index in [1.807, 2.05) is 18.2 Å². The summed E-state index contributed by atoms with van der Waals surface area (Å²) < 4.78 is 0. The first-order valence-electron chi connectivity index (χ1n) is 6.13. The maximum Gasteiger partial charge on any atom is 0.315 e. The largest absolute Gasteiger partial charge is 0.370 e. The Hall–Kier alpha value is -1.75. The first-order valence-corrected chi connectivity index (χ1v) is 6.51. The van der Waals surface area contributed by atoms with Crippen molar-refractivity contribution in [2.75, 3.05) is 6.54 Å². The highest BCUT2D eigenvalue weighted by atomic mass is 35.5. The molecule has 0 unspecified atom stereocenters. The van der Waals surface area contributed by atoms with Gasteiger partial charge >= 0.3 is 6.03 Å². The van der Waals surface area contributed by atoms with Gasteiger partial charge in [-0.15, -0.1) is 0 Å². The van der Waals surface area contributed by atoms with Crippen molar-refractivity contribution in [1.82, 2.24) is 10.6 Å². The summed E-state index contributed by atoms with van der Waals surface area (Å²) in [6, 6.07) is 7.09. The number of primary amides is 1. The van der Waals surface area contributed by atoms with E-state index >= 15 is 0 Å². The first kappa shape index (κ1) is 15.3. The van der Waals surface area contributed by atoms with Crippen molar-refractivity contribution in [3.8, 4) is 0 Å². The summed E-state index contributed by atoms with van der Waals surface area (Å²) in [5, 5.41) is 6.04. The second-order valence-corrected chi connectivity index (χ2v) is 4.53. The van der Waals surface area contributed by atoms with Gasteiger partial charge < -0.3 is 16.4 Å². The third-order valence-electron chi connectivity index (χ3n) is 2.53. The van der Waals surface area contributed by atoms with Gasteiger partial charge in [-0.25, -0.2) is 4.79 Å². The Balaban J connectivity index is 2.15. The third-order valence-corrected chi connectivity index (χ3v) is 2.90. The number of nitrogens with two attached hydrogens (primary N) is 1. The maximum absolute atomic E-state index is 11.5. The molecule has 1 rings (SSSR count). The number of hydrogen-bond acceptors (Lipinski definition) is 2. The van der Waals surface area contributed by atoms with Crippen molar-refractivity contribution >= 4 is 23.5 Å². The molecule has 104 valence electrons. The number of hydrogen-bond donors (Lipinski definition) is 3. The Morgan fingerprint density at radius 2 is 1.89 bits per heavy atom. The molecular weight excluding hydrogens is 266 g/mol. The Kier molecular flexibility index (Phi) is 6.74. The van der Waals surface area contributed by atoms with Crippen LogP contribution in [0.15, 0.2) is 24.3 Å². The minimum absolute atomic E-state index is 0.251. The lowest BCUT2D eigenvalue weighted by Crippen LogP contribution is -2.35. The van der Waals surface area contributed by atoms with Gasteiger partial charge in [-0.05, 0) is 24.5 Å². The fourth-order valence-corrected chi connectivity index (χ4v) is 1.71. The Morgan fingerprint density at radius 3 is 2.58 bits per heavy atom. The van der Waals surface area contributed by atoms with Crippen LogP contribution < -0.4 is 16.4 Å². The molecule has 0 aliphatic rings. The van der Waals surface area contributed by atoms with E-state index in [0.717, 1.165) is 12.0 Å². The van der Waals surface area contributed by atoms with E-state index in [0.29, 0.717) is 31.0 Å². The summed E-state index contributed by atoms with van der Waals surface area (Å²) in [7, 11) is 0. The van der Waals surface area contributed by atoms with Crippen LogP contribution in [0.3, 0.4) is 0 Å². The highest BCUT2D eigenvalue weighted by Crippen LogP contribution is 2.13. The molecule has 0 bridgehead atoms. The second-order valence-electron chi connectivity index (χ2n) is 4.12. The van der Waals surface area contributed by atoms with Gasteiger partial charge in [0.15, 0.2) is 0 Å². The van der Waals surface area contributed by atoms with Gasteiger partial charge in [-0.2, -0.15) is 0 Å². The van der Waals surface area contributed by atoms with Crippen molar-refractivity contribution in [3.63, 3.8) is 0 Å². The van der Waals surface area contributed by atoms with E-state index < -0.39 is 0 Å². The lowest BCUT2D eigenvalue weighted by Gasteiger charge is -2.08. The number of rotatable bonds is 7. The monoisotopic (exact) mass is 283 g/mol. The fraction of sp³-hybridized carbons (Fsp3) is 0.385. The van der Waals surface area contributed by atoms with E-state index in [9.17, 15) is 9.59 Å². The molecule has 19 heavy (non-hydrogen) atoms. The zero-order chi connectivity index (χ0) is 14.1. The van der Waals surface area contributed by atoms with E-state index in [4.69, 9.17) is 17.3 Å². The highest BCUT2D eigenvalue weighted by Gasteiger charge is 2.02. The van der Waals surface area contributed by atoms with Crippen LogP contribution in [0.5, 0.6) is 0 Å². The lowest BCUT2D eigenvalue weighted by atomic mass is 10.2. The molecule has 0 aromatic heterocycles. The van der Waals surface area contributed by atoms with E-state index in [2.05, 4.69) is 10.6 Å². The zero-order valence-electron chi connectivity index (χ0n) is 10.6. The third kappa shape index (κ3) is 6.67. The van der Waals surface area contributed by atoms with E-state index in [1.165, 1.54) is 0 Å². The molecule has 0 fully saturated rings. The first-order chi connectivity index (χ1) is 9.09. The average molecular weight is 284 g/mol. The number of nitrogens with one attached hydrogen (secondary N) is 2. The molecule has 0 saturated carbocycles. The van der Waals surface area contributed by atoms with Gasteiger partial charge in [0.2, 0.25) is 5.91 Å². The van der Waals surface area contributed by atoms with E-state index in [-0.39, 0.29) is 11.9 Å². The smallest absolute Gasteiger partial charge is 0.315 e. The Labute approximate surface area is 117 Å². The molecule has 1 aromatic rings. The van der Waals surface area contributed by atoms with Gasteiger partial charge in [0.05, 0.1) is 0 Å².